The van der Waals surface area contributed by atoms with Gasteiger partial charge in [-0.1, -0.05) is 38.8 Å². The summed E-state index contributed by atoms with van der Waals surface area (Å²) in [5.41, 5.74) is 0. The number of nitrogens with one attached hydrogen (secondary N) is 1. The summed E-state index contributed by atoms with van der Waals surface area (Å²) in [6.45, 7) is 9.20. The first-order valence-electron chi connectivity index (χ1n) is 8.08. The molecule has 0 saturated carbocycles. The van der Waals surface area contributed by atoms with Crippen LogP contribution in [0.5, 0.6) is 0 Å². The molecule has 2 aliphatic heterocycles. The van der Waals surface area contributed by atoms with Crippen LogP contribution >= 0.6 is 0 Å². The molecule has 20 heavy (non-hydrogen) atoms. The van der Waals surface area contributed by atoms with Crippen LogP contribution in [0.2, 0.25) is 0 Å². The van der Waals surface area contributed by atoms with E-state index in [-0.39, 0.29) is 6.03 Å². The Morgan fingerprint density at radius 2 is 2.05 bits per heavy atom. The molecule has 2 amide bonds. The average molecular weight is 279 g/mol. The first-order valence-corrected chi connectivity index (χ1v) is 8.08. The third-order valence-corrected chi connectivity index (χ3v) is 4.30. The third kappa shape index (κ3) is 4.51. The van der Waals surface area contributed by atoms with E-state index >= 15 is 0 Å². The fourth-order valence-electron chi connectivity index (χ4n) is 3.00. The fourth-order valence-corrected chi connectivity index (χ4v) is 3.00. The maximum absolute atomic E-state index is 12.1. The molecule has 0 radical (unpaired) electrons. The monoisotopic (exact) mass is 279 g/mol. The Hall–Kier alpha value is -1.03. The van der Waals surface area contributed by atoms with E-state index in [1.54, 1.807) is 0 Å². The number of likely N-dealkylation sites (tertiary alicyclic amines) is 1. The SMILES string of the molecule is CC(C)CCCCNC(=O)N1CC[C@H](N2CC=CC2)C1. The van der Waals surface area contributed by atoms with E-state index in [0.29, 0.717) is 6.04 Å². The van der Waals surface area contributed by atoms with Crippen molar-refractivity contribution in [3.05, 3.63) is 12.2 Å². The first-order chi connectivity index (χ1) is 9.66. The maximum Gasteiger partial charge on any atom is 0.317 e. The Labute approximate surface area is 123 Å². The van der Waals surface area contributed by atoms with Gasteiger partial charge >= 0.3 is 6.03 Å². The van der Waals surface area contributed by atoms with Crippen molar-refractivity contribution in [1.29, 1.82) is 0 Å². The molecule has 2 rings (SSSR count). The lowest BCUT2D eigenvalue weighted by atomic mass is 10.1. The van der Waals surface area contributed by atoms with Crippen LogP contribution in [-0.2, 0) is 0 Å². The van der Waals surface area contributed by atoms with Gasteiger partial charge in [0.15, 0.2) is 0 Å². The van der Waals surface area contributed by atoms with Crippen molar-refractivity contribution in [3.63, 3.8) is 0 Å². The van der Waals surface area contributed by atoms with Crippen LogP contribution in [0.1, 0.15) is 39.5 Å². The Balaban J connectivity index is 1.59. The van der Waals surface area contributed by atoms with Gasteiger partial charge in [0.1, 0.15) is 0 Å². The lowest BCUT2D eigenvalue weighted by Gasteiger charge is -2.23. The minimum atomic E-state index is 0.129. The zero-order valence-corrected chi connectivity index (χ0v) is 13.0. The molecule has 114 valence electrons. The zero-order chi connectivity index (χ0) is 14.4. The number of nitrogens with zero attached hydrogens (tertiary/aromatic N) is 2. The summed E-state index contributed by atoms with van der Waals surface area (Å²) in [5, 5.41) is 3.06. The lowest BCUT2D eigenvalue weighted by molar-refractivity contribution is 0.200. The Morgan fingerprint density at radius 3 is 2.75 bits per heavy atom. The molecule has 0 spiro atoms. The highest BCUT2D eigenvalue weighted by Crippen LogP contribution is 2.17. The van der Waals surface area contributed by atoms with Crippen molar-refractivity contribution < 1.29 is 4.79 Å². The summed E-state index contributed by atoms with van der Waals surface area (Å²) in [6.07, 6.45) is 9.11. The van der Waals surface area contributed by atoms with E-state index in [4.69, 9.17) is 0 Å². The Morgan fingerprint density at radius 1 is 1.30 bits per heavy atom. The van der Waals surface area contributed by atoms with Gasteiger partial charge in [-0.3, -0.25) is 4.90 Å². The molecule has 1 fully saturated rings. The standard InChI is InChI=1S/C16H29N3O/c1-14(2)7-3-4-9-17-16(20)19-12-8-15(13-19)18-10-5-6-11-18/h5-6,14-15H,3-4,7-13H2,1-2H3,(H,17,20)/t15-/m0/s1. The summed E-state index contributed by atoms with van der Waals surface area (Å²) in [4.78, 5) is 16.5. The average Bonchev–Trinajstić information content (AvgIpc) is 3.08. The van der Waals surface area contributed by atoms with E-state index < -0.39 is 0 Å². The minimum Gasteiger partial charge on any atom is -0.338 e. The van der Waals surface area contributed by atoms with Crippen molar-refractivity contribution in [3.8, 4) is 0 Å². The largest absolute Gasteiger partial charge is 0.338 e. The van der Waals surface area contributed by atoms with Crippen LogP contribution in [0.25, 0.3) is 0 Å². The van der Waals surface area contributed by atoms with Gasteiger partial charge in [-0.15, -0.1) is 0 Å². The number of carbonyl (C=O) groups is 1. The van der Waals surface area contributed by atoms with Gasteiger partial charge in [-0.05, 0) is 18.8 Å². The lowest BCUT2D eigenvalue weighted by Crippen LogP contribution is -2.42. The molecule has 4 heteroatoms. The molecule has 1 atom stereocenters. The van der Waals surface area contributed by atoms with Crippen LogP contribution < -0.4 is 5.32 Å². The van der Waals surface area contributed by atoms with Gasteiger partial charge in [0, 0.05) is 38.8 Å². The van der Waals surface area contributed by atoms with Crippen LogP contribution in [-0.4, -0.2) is 54.6 Å². The predicted molar refractivity (Wildman–Crippen MR) is 82.8 cm³/mol. The molecule has 0 unspecified atom stereocenters. The van der Waals surface area contributed by atoms with E-state index in [0.717, 1.165) is 51.5 Å². The summed E-state index contributed by atoms with van der Waals surface area (Å²) in [5.74, 6) is 0.763. The van der Waals surface area contributed by atoms with Gasteiger partial charge in [0.05, 0.1) is 0 Å². The molecule has 1 saturated heterocycles. The van der Waals surface area contributed by atoms with E-state index in [9.17, 15) is 4.79 Å². The first kappa shape index (κ1) is 15.4. The molecular formula is C16H29N3O. The van der Waals surface area contributed by atoms with Gasteiger partial charge < -0.3 is 10.2 Å². The molecule has 0 aromatic rings. The van der Waals surface area contributed by atoms with Crippen LogP contribution in [0.3, 0.4) is 0 Å². The van der Waals surface area contributed by atoms with E-state index in [1.807, 2.05) is 4.90 Å². The van der Waals surface area contributed by atoms with Gasteiger partial charge in [0.2, 0.25) is 0 Å². The molecule has 1 N–H and O–H groups in total. The molecular weight excluding hydrogens is 250 g/mol. The maximum atomic E-state index is 12.1. The quantitative estimate of drug-likeness (QED) is 0.599. The molecule has 0 aromatic heterocycles. The second-order valence-electron chi connectivity index (χ2n) is 6.44. The van der Waals surface area contributed by atoms with Crippen molar-refractivity contribution in [2.45, 2.75) is 45.6 Å². The van der Waals surface area contributed by atoms with E-state index in [1.165, 1.54) is 12.8 Å². The fraction of sp³-hybridized carbons (Fsp3) is 0.812. The highest BCUT2D eigenvalue weighted by molar-refractivity contribution is 5.74. The van der Waals surface area contributed by atoms with Crippen molar-refractivity contribution >= 4 is 6.03 Å². The van der Waals surface area contributed by atoms with Crippen molar-refractivity contribution in [2.24, 2.45) is 5.92 Å². The normalized spacial score (nSPS) is 22.9. The number of carbonyl (C=O) groups excluding carboxylic acids is 1. The number of unbranched alkanes of at least 4 members (excludes halogenated alkanes) is 1. The summed E-state index contributed by atoms with van der Waals surface area (Å²) in [7, 11) is 0. The predicted octanol–water partition coefficient (Wildman–Crippen LogP) is 2.47. The summed E-state index contributed by atoms with van der Waals surface area (Å²) >= 11 is 0. The smallest absolute Gasteiger partial charge is 0.317 e. The minimum absolute atomic E-state index is 0.129. The van der Waals surface area contributed by atoms with Gasteiger partial charge in [0.25, 0.3) is 0 Å². The number of hydrogen-bond acceptors (Lipinski definition) is 2. The summed E-state index contributed by atoms with van der Waals surface area (Å²) < 4.78 is 0. The van der Waals surface area contributed by atoms with Gasteiger partial charge in [-0.2, -0.15) is 0 Å². The van der Waals surface area contributed by atoms with Crippen LogP contribution in [0.4, 0.5) is 4.79 Å². The number of hydrogen-bond donors (Lipinski definition) is 1. The molecule has 0 bridgehead atoms. The Bertz CT molecular complexity index is 333. The zero-order valence-electron chi connectivity index (χ0n) is 13.0. The number of urea groups is 1. The topological polar surface area (TPSA) is 35.6 Å². The van der Waals surface area contributed by atoms with Crippen LogP contribution in [0.15, 0.2) is 12.2 Å². The van der Waals surface area contributed by atoms with Crippen molar-refractivity contribution in [2.75, 3.05) is 32.7 Å². The molecule has 0 aliphatic carbocycles. The third-order valence-electron chi connectivity index (χ3n) is 4.30. The van der Waals surface area contributed by atoms with Gasteiger partial charge in [-0.25, -0.2) is 4.79 Å². The molecule has 2 heterocycles. The van der Waals surface area contributed by atoms with E-state index in [2.05, 4.69) is 36.2 Å². The number of rotatable bonds is 6. The molecule has 0 aromatic carbocycles. The highest BCUT2D eigenvalue weighted by atomic mass is 16.2. The van der Waals surface area contributed by atoms with Crippen LogP contribution in [0, 0.1) is 5.92 Å². The highest BCUT2D eigenvalue weighted by Gasteiger charge is 2.30. The second-order valence-corrected chi connectivity index (χ2v) is 6.44. The second kappa shape index (κ2) is 7.67. The van der Waals surface area contributed by atoms with Crippen molar-refractivity contribution in [1.82, 2.24) is 15.1 Å². The molecule has 4 nitrogen and oxygen atoms in total. The summed E-state index contributed by atoms with van der Waals surface area (Å²) in [6, 6.07) is 0.681. The number of amides is 2. The Kier molecular flexibility index (Phi) is 5.89. The molecule has 2 aliphatic rings.